The van der Waals surface area contributed by atoms with Gasteiger partial charge in [0.2, 0.25) is 17.5 Å². The summed E-state index contributed by atoms with van der Waals surface area (Å²) in [6, 6.07) is 0.612. The first-order chi connectivity index (χ1) is 13.8. The van der Waals surface area contributed by atoms with Crippen molar-refractivity contribution in [2.24, 2.45) is 0 Å². The van der Waals surface area contributed by atoms with Gasteiger partial charge < -0.3 is 15.6 Å². The minimum atomic E-state index is -1.65. The maximum Gasteiger partial charge on any atom is 0.242 e. The number of imidazole rings is 1. The maximum absolute atomic E-state index is 13.5. The number of carbonyl (C=O) groups is 3. The van der Waals surface area contributed by atoms with Gasteiger partial charge in [0.05, 0.1) is 0 Å². The summed E-state index contributed by atoms with van der Waals surface area (Å²) in [5.74, 6) is -6.63. The van der Waals surface area contributed by atoms with Crippen molar-refractivity contribution in [3.63, 3.8) is 0 Å². The lowest BCUT2D eigenvalue weighted by Crippen LogP contribution is -2.49. The van der Waals surface area contributed by atoms with E-state index >= 15 is 0 Å². The largest absolute Gasteiger partial charge is 0.369 e. The lowest BCUT2D eigenvalue weighted by molar-refractivity contribution is -0.124. The van der Waals surface area contributed by atoms with Crippen LogP contribution in [0, 0.1) is 17.5 Å². The molecule has 3 N–H and O–H groups in total. The third-order valence-corrected chi connectivity index (χ3v) is 5.01. The van der Waals surface area contributed by atoms with Gasteiger partial charge >= 0.3 is 0 Å². The number of nitrogens with zero attached hydrogens (tertiary/aromatic N) is 1. The van der Waals surface area contributed by atoms with Crippen molar-refractivity contribution >= 4 is 29.1 Å². The summed E-state index contributed by atoms with van der Waals surface area (Å²) in [7, 11) is 0. The Balaban J connectivity index is 1.71. The summed E-state index contributed by atoms with van der Waals surface area (Å²) in [6.45, 7) is 0.508. The van der Waals surface area contributed by atoms with Crippen LogP contribution < -0.4 is 10.6 Å². The minimum absolute atomic E-state index is 0.200. The number of hydrogen-bond donors (Lipinski definition) is 3. The number of hydrogen-bond acceptors (Lipinski definition) is 5. The highest BCUT2D eigenvalue weighted by Gasteiger charge is 2.37. The molecular weight excluding hydrogens is 413 g/mol. The first-order valence-electron chi connectivity index (χ1n) is 8.56. The molecule has 1 atom stereocenters. The van der Waals surface area contributed by atoms with Gasteiger partial charge in [0.15, 0.2) is 17.5 Å². The van der Waals surface area contributed by atoms with Crippen molar-refractivity contribution in [1.29, 1.82) is 0 Å². The monoisotopic (exact) mass is 424 g/mol. The van der Waals surface area contributed by atoms with Crippen LogP contribution in [0.25, 0.3) is 11.4 Å². The average Bonchev–Trinajstić information content (AvgIpc) is 3.14. The molecule has 1 saturated heterocycles. The van der Waals surface area contributed by atoms with Gasteiger partial charge in [-0.1, -0.05) is 11.6 Å². The lowest BCUT2D eigenvalue weighted by atomic mass is 10.00. The van der Waals surface area contributed by atoms with Crippen LogP contribution in [0.5, 0.6) is 0 Å². The molecule has 1 aliphatic heterocycles. The lowest BCUT2D eigenvalue weighted by Gasteiger charge is -2.25. The highest BCUT2D eigenvalue weighted by atomic mass is 35.5. The minimum Gasteiger partial charge on any atom is -0.369 e. The molecule has 1 aliphatic carbocycles. The molecule has 1 amide bonds. The number of rotatable bonds is 3. The zero-order chi connectivity index (χ0) is 20.9. The first-order valence-corrected chi connectivity index (χ1v) is 8.94. The van der Waals surface area contributed by atoms with Crippen LogP contribution in [0.1, 0.15) is 33.8 Å². The second-order valence-electron chi connectivity index (χ2n) is 6.54. The molecule has 0 spiro atoms. The smallest absolute Gasteiger partial charge is 0.242 e. The van der Waals surface area contributed by atoms with Crippen LogP contribution in [-0.4, -0.2) is 40.0 Å². The van der Waals surface area contributed by atoms with E-state index in [0.29, 0.717) is 31.5 Å². The average molecular weight is 425 g/mol. The van der Waals surface area contributed by atoms with Crippen molar-refractivity contribution < 1.29 is 27.6 Å². The van der Waals surface area contributed by atoms with Gasteiger partial charge in [-0.05, 0) is 25.0 Å². The summed E-state index contributed by atoms with van der Waals surface area (Å²) in [4.78, 5) is 43.8. The van der Waals surface area contributed by atoms with E-state index in [2.05, 4.69) is 20.6 Å². The van der Waals surface area contributed by atoms with Crippen LogP contribution >= 0.6 is 11.6 Å². The second-order valence-corrected chi connectivity index (χ2v) is 6.92. The summed E-state index contributed by atoms with van der Waals surface area (Å²) < 4.78 is 40.2. The van der Waals surface area contributed by atoms with Crippen LogP contribution in [0.4, 0.5) is 13.2 Å². The highest BCUT2D eigenvalue weighted by molar-refractivity contribution is 6.49. The highest BCUT2D eigenvalue weighted by Crippen LogP contribution is 2.30. The third-order valence-electron chi connectivity index (χ3n) is 4.65. The number of halogens is 4. The first kappa shape index (κ1) is 19.2. The van der Waals surface area contributed by atoms with Crippen LogP contribution in [0.2, 0.25) is 0 Å². The number of nitrogens with one attached hydrogen (secondary N) is 3. The van der Waals surface area contributed by atoms with Gasteiger partial charge in [-0.3, -0.25) is 14.4 Å². The number of carbonyl (C=O) groups excluding carboxylic acids is 3. The summed E-state index contributed by atoms with van der Waals surface area (Å²) in [5, 5.41) is 4.89. The van der Waals surface area contributed by atoms with Crippen LogP contribution in [0.15, 0.2) is 22.9 Å². The fourth-order valence-electron chi connectivity index (χ4n) is 3.19. The van der Waals surface area contributed by atoms with E-state index in [9.17, 15) is 27.6 Å². The Labute approximate surface area is 166 Å². The molecule has 1 aromatic carbocycles. The molecule has 1 fully saturated rings. The van der Waals surface area contributed by atoms with E-state index < -0.39 is 40.1 Å². The predicted molar refractivity (Wildman–Crippen MR) is 94.6 cm³/mol. The van der Waals surface area contributed by atoms with Crippen molar-refractivity contribution in [2.45, 2.75) is 18.9 Å². The number of allylic oxidation sites excluding steroid dienone is 2. The Morgan fingerprint density at radius 3 is 2.45 bits per heavy atom. The van der Waals surface area contributed by atoms with E-state index in [0.717, 1.165) is 0 Å². The summed E-state index contributed by atoms with van der Waals surface area (Å²) >= 11 is 6.05. The standard InChI is InChI=1S/C18H12ClF3N4O3/c19-10-12(24-9-2-1-3-23-18(9)29)16(28)14-13(15(10)27)25-17(26-14)6-4-7(20)11(22)8(21)5-6/h4-5,9,24H,1-3H2,(H,23,29)(H,25,26)/t9-/m0/s1. The number of Topliss-reactive ketones (excluding diaryl/α,β-unsaturated/α-hetero) is 2. The van der Waals surface area contributed by atoms with Crippen molar-refractivity contribution in [1.82, 2.24) is 20.6 Å². The topological polar surface area (TPSA) is 104 Å². The molecule has 0 saturated carbocycles. The van der Waals surface area contributed by atoms with Gasteiger partial charge in [-0.25, -0.2) is 18.2 Å². The fourth-order valence-corrected chi connectivity index (χ4v) is 3.42. The SMILES string of the molecule is O=C1C(N[C@H]2CCCNC2=O)=C(Cl)C(=O)c2[nH]c(-c3cc(F)c(F)c(F)c3)nc21. The van der Waals surface area contributed by atoms with Gasteiger partial charge in [0.25, 0.3) is 0 Å². The molecule has 2 aliphatic rings. The number of fused-ring (bicyclic) bond motifs is 1. The van der Waals surface area contributed by atoms with Crippen molar-refractivity contribution in [3.05, 3.63) is 51.7 Å². The van der Waals surface area contributed by atoms with E-state index in [1.54, 1.807) is 0 Å². The number of H-pyrrole nitrogens is 1. The molecule has 0 radical (unpaired) electrons. The van der Waals surface area contributed by atoms with Gasteiger partial charge in [-0.15, -0.1) is 0 Å². The molecule has 150 valence electrons. The number of benzene rings is 1. The molecule has 29 heavy (non-hydrogen) atoms. The molecule has 0 unspecified atom stereocenters. The van der Waals surface area contributed by atoms with Crippen molar-refractivity contribution in [2.75, 3.05) is 6.54 Å². The molecule has 2 heterocycles. The number of piperidine rings is 1. The Hall–Kier alpha value is -3.14. The van der Waals surface area contributed by atoms with E-state index in [1.807, 2.05) is 0 Å². The number of ketones is 2. The van der Waals surface area contributed by atoms with Gasteiger partial charge in [-0.2, -0.15) is 0 Å². The molecule has 0 bridgehead atoms. The Bertz CT molecular complexity index is 1090. The zero-order valence-corrected chi connectivity index (χ0v) is 15.3. The van der Waals surface area contributed by atoms with E-state index in [4.69, 9.17) is 11.6 Å². The van der Waals surface area contributed by atoms with E-state index in [1.165, 1.54) is 0 Å². The molecule has 1 aromatic heterocycles. The number of amides is 1. The molecule has 4 rings (SSSR count). The normalized spacial score (nSPS) is 19.3. The number of aromatic nitrogens is 2. The molecule has 7 nitrogen and oxygen atoms in total. The van der Waals surface area contributed by atoms with Crippen molar-refractivity contribution in [3.8, 4) is 11.4 Å². The van der Waals surface area contributed by atoms with Gasteiger partial charge in [0, 0.05) is 12.1 Å². The number of aromatic amines is 1. The summed E-state index contributed by atoms with van der Waals surface area (Å²) in [5.41, 5.74) is -1.06. The second kappa shape index (κ2) is 7.03. The van der Waals surface area contributed by atoms with Gasteiger partial charge in [0.1, 0.15) is 34.0 Å². The van der Waals surface area contributed by atoms with E-state index in [-0.39, 0.29) is 34.4 Å². The molecule has 2 aromatic rings. The predicted octanol–water partition coefficient (Wildman–Crippen LogP) is 2.19. The van der Waals surface area contributed by atoms with Crippen LogP contribution in [0.3, 0.4) is 0 Å². The Morgan fingerprint density at radius 1 is 1.10 bits per heavy atom. The molecular formula is C18H12ClF3N4O3. The summed E-state index contributed by atoms with van der Waals surface area (Å²) in [6.07, 6.45) is 1.11. The fraction of sp³-hybridized carbons (Fsp3) is 0.222. The zero-order valence-electron chi connectivity index (χ0n) is 14.5. The third kappa shape index (κ3) is 3.19. The quantitative estimate of drug-likeness (QED) is 0.655. The molecule has 11 heteroatoms. The van der Waals surface area contributed by atoms with Crippen LogP contribution in [-0.2, 0) is 4.79 Å². The maximum atomic E-state index is 13.5. The Morgan fingerprint density at radius 2 is 1.79 bits per heavy atom. The Kier molecular flexibility index (Phi) is 4.65.